The summed E-state index contributed by atoms with van der Waals surface area (Å²) in [6, 6.07) is 10.9. The van der Waals surface area contributed by atoms with Gasteiger partial charge in [-0.25, -0.2) is 0 Å². The van der Waals surface area contributed by atoms with E-state index < -0.39 is 0 Å². The molecule has 1 aromatic rings. The number of hydrogen-bond acceptors (Lipinski definition) is 1. The molecule has 0 spiro atoms. The fraction of sp³-hybridized carbons (Fsp3) is 0.538. The van der Waals surface area contributed by atoms with Crippen LogP contribution in [0.15, 0.2) is 30.3 Å². The zero-order valence-corrected chi connectivity index (χ0v) is 8.92. The highest BCUT2D eigenvalue weighted by atomic mass is 14.8. The third-order valence-electron chi connectivity index (χ3n) is 3.39. The fourth-order valence-corrected chi connectivity index (χ4v) is 2.50. The summed E-state index contributed by atoms with van der Waals surface area (Å²) >= 11 is 0. The maximum absolute atomic E-state index is 3.33. The molecular formula is C13H19N. The minimum Gasteiger partial charge on any atom is -0.319 e. The van der Waals surface area contributed by atoms with Gasteiger partial charge >= 0.3 is 0 Å². The van der Waals surface area contributed by atoms with Crippen LogP contribution in [0.4, 0.5) is 0 Å². The Hall–Kier alpha value is -0.820. The van der Waals surface area contributed by atoms with Crippen molar-refractivity contribution in [1.29, 1.82) is 0 Å². The van der Waals surface area contributed by atoms with E-state index in [2.05, 4.69) is 42.7 Å². The van der Waals surface area contributed by atoms with Gasteiger partial charge in [-0.3, -0.25) is 0 Å². The van der Waals surface area contributed by atoms with Crippen molar-refractivity contribution >= 4 is 0 Å². The van der Waals surface area contributed by atoms with Crippen molar-refractivity contribution in [3.63, 3.8) is 0 Å². The normalized spacial score (nSPS) is 18.9. The van der Waals surface area contributed by atoms with E-state index >= 15 is 0 Å². The largest absolute Gasteiger partial charge is 0.319 e. The van der Waals surface area contributed by atoms with Gasteiger partial charge in [0.25, 0.3) is 0 Å². The second kappa shape index (κ2) is 4.14. The molecular weight excluding hydrogens is 170 g/mol. The molecule has 76 valence electrons. The maximum atomic E-state index is 3.33. The van der Waals surface area contributed by atoms with E-state index in [0.29, 0.717) is 5.41 Å². The van der Waals surface area contributed by atoms with Gasteiger partial charge in [-0.2, -0.15) is 0 Å². The SMILES string of the molecule is CNCC1(Cc2ccccc2)CCC1. The zero-order chi connectivity index (χ0) is 9.86. The average Bonchev–Trinajstić information content (AvgIpc) is 2.16. The van der Waals surface area contributed by atoms with Crippen LogP contribution in [0.1, 0.15) is 24.8 Å². The standard InChI is InChI=1S/C13H19N/c1-14-11-13(8-5-9-13)10-12-6-3-2-4-7-12/h2-4,6-7,14H,5,8-11H2,1H3. The molecule has 1 aliphatic carbocycles. The van der Waals surface area contributed by atoms with Gasteiger partial charge in [0, 0.05) is 6.54 Å². The van der Waals surface area contributed by atoms with Crippen LogP contribution >= 0.6 is 0 Å². The first-order valence-electron chi connectivity index (χ1n) is 5.53. The first-order valence-corrected chi connectivity index (χ1v) is 5.53. The molecule has 0 amide bonds. The lowest BCUT2D eigenvalue weighted by Crippen LogP contribution is -2.40. The van der Waals surface area contributed by atoms with Crippen LogP contribution in [0, 0.1) is 5.41 Å². The molecule has 0 aromatic heterocycles. The smallest absolute Gasteiger partial charge is 0.000799 e. The van der Waals surface area contributed by atoms with Crippen LogP contribution in [0.3, 0.4) is 0 Å². The molecule has 1 saturated carbocycles. The molecule has 0 aliphatic heterocycles. The van der Waals surface area contributed by atoms with Crippen LogP contribution in [0.2, 0.25) is 0 Å². The lowest BCUT2D eigenvalue weighted by atomic mass is 9.65. The topological polar surface area (TPSA) is 12.0 Å². The first-order chi connectivity index (χ1) is 6.85. The fourth-order valence-electron chi connectivity index (χ4n) is 2.50. The summed E-state index contributed by atoms with van der Waals surface area (Å²) < 4.78 is 0. The Morgan fingerprint density at radius 3 is 2.43 bits per heavy atom. The van der Waals surface area contributed by atoms with E-state index in [0.717, 1.165) is 0 Å². The molecule has 1 aromatic carbocycles. The van der Waals surface area contributed by atoms with E-state index in [1.165, 1.54) is 37.8 Å². The summed E-state index contributed by atoms with van der Waals surface area (Å²) in [5, 5.41) is 3.33. The van der Waals surface area contributed by atoms with Crippen LogP contribution in [-0.4, -0.2) is 13.6 Å². The zero-order valence-electron chi connectivity index (χ0n) is 8.92. The summed E-state index contributed by atoms with van der Waals surface area (Å²) in [5.74, 6) is 0. The first kappa shape index (κ1) is 9.72. The lowest BCUT2D eigenvalue weighted by Gasteiger charge is -2.42. The van der Waals surface area contributed by atoms with E-state index in [1.807, 2.05) is 0 Å². The molecule has 0 atom stereocenters. The predicted octanol–water partition coefficient (Wildman–Crippen LogP) is 2.62. The Morgan fingerprint density at radius 1 is 1.21 bits per heavy atom. The number of benzene rings is 1. The van der Waals surface area contributed by atoms with Crippen LogP contribution in [0.25, 0.3) is 0 Å². The molecule has 14 heavy (non-hydrogen) atoms. The minimum atomic E-state index is 0.566. The van der Waals surface area contributed by atoms with Gasteiger partial charge in [-0.1, -0.05) is 36.8 Å². The third-order valence-corrected chi connectivity index (χ3v) is 3.39. The van der Waals surface area contributed by atoms with Gasteiger partial charge in [0.15, 0.2) is 0 Å². The molecule has 0 saturated heterocycles. The molecule has 0 bridgehead atoms. The van der Waals surface area contributed by atoms with Crippen LogP contribution < -0.4 is 5.32 Å². The van der Waals surface area contributed by atoms with Gasteiger partial charge < -0.3 is 5.32 Å². The minimum absolute atomic E-state index is 0.566. The molecule has 1 N–H and O–H groups in total. The Balaban J connectivity index is 2.01. The van der Waals surface area contributed by atoms with Gasteiger partial charge in [-0.05, 0) is 37.3 Å². The van der Waals surface area contributed by atoms with Crippen molar-refractivity contribution < 1.29 is 0 Å². The van der Waals surface area contributed by atoms with Crippen LogP contribution in [-0.2, 0) is 6.42 Å². The van der Waals surface area contributed by atoms with E-state index in [-0.39, 0.29) is 0 Å². The van der Waals surface area contributed by atoms with Crippen molar-refractivity contribution in [1.82, 2.24) is 5.32 Å². The molecule has 1 nitrogen and oxygen atoms in total. The third kappa shape index (κ3) is 1.98. The summed E-state index contributed by atoms with van der Waals surface area (Å²) in [4.78, 5) is 0. The van der Waals surface area contributed by atoms with Gasteiger partial charge in [-0.15, -0.1) is 0 Å². The second-order valence-electron chi connectivity index (χ2n) is 4.55. The Bertz CT molecular complexity index is 275. The van der Waals surface area contributed by atoms with Crippen molar-refractivity contribution in [3.8, 4) is 0 Å². The van der Waals surface area contributed by atoms with E-state index in [1.54, 1.807) is 0 Å². The van der Waals surface area contributed by atoms with Crippen molar-refractivity contribution in [2.24, 2.45) is 5.41 Å². The predicted molar refractivity (Wildman–Crippen MR) is 60.4 cm³/mol. The van der Waals surface area contributed by atoms with E-state index in [4.69, 9.17) is 0 Å². The van der Waals surface area contributed by atoms with Crippen LogP contribution in [0.5, 0.6) is 0 Å². The maximum Gasteiger partial charge on any atom is 0.000799 e. The van der Waals surface area contributed by atoms with Crippen molar-refractivity contribution in [2.75, 3.05) is 13.6 Å². The summed E-state index contributed by atoms with van der Waals surface area (Å²) in [5.41, 5.74) is 2.05. The van der Waals surface area contributed by atoms with E-state index in [9.17, 15) is 0 Å². The molecule has 0 radical (unpaired) electrons. The highest BCUT2D eigenvalue weighted by Crippen LogP contribution is 2.42. The number of nitrogens with one attached hydrogen (secondary N) is 1. The summed E-state index contributed by atoms with van der Waals surface area (Å²) in [7, 11) is 2.06. The summed E-state index contributed by atoms with van der Waals surface area (Å²) in [6.45, 7) is 1.17. The highest BCUT2D eigenvalue weighted by molar-refractivity contribution is 5.17. The van der Waals surface area contributed by atoms with Crippen molar-refractivity contribution in [2.45, 2.75) is 25.7 Å². The number of rotatable bonds is 4. The highest BCUT2D eigenvalue weighted by Gasteiger charge is 2.35. The summed E-state index contributed by atoms with van der Waals surface area (Å²) in [6.07, 6.45) is 5.44. The average molecular weight is 189 g/mol. The van der Waals surface area contributed by atoms with Gasteiger partial charge in [0.05, 0.1) is 0 Å². The van der Waals surface area contributed by atoms with Gasteiger partial charge in [0.1, 0.15) is 0 Å². The number of hydrogen-bond donors (Lipinski definition) is 1. The lowest BCUT2D eigenvalue weighted by molar-refractivity contribution is 0.133. The Morgan fingerprint density at radius 2 is 1.93 bits per heavy atom. The molecule has 1 heteroatoms. The molecule has 2 rings (SSSR count). The molecule has 0 unspecified atom stereocenters. The quantitative estimate of drug-likeness (QED) is 0.767. The Kier molecular flexibility index (Phi) is 2.87. The second-order valence-corrected chi connectivity index (χ2v) is 4.55. The molecule has 0 heterocycles. The molecule has 1 fully saturated rings. The Labute approximate surface area is 86.5 Å². The monoisotopic (exact) mass is 189 g/mol. The molecule has 1 aliphatic rings. The van der Waals surface area contributed by atoms with Crippen molar-refractivity contribution in [3.05, 3.63) is 35.9 Å². The van der Waals surface area contributed by atoms with Gasteiger partial charge in [0.2, 0.25) is 0 Å².